The number of hydrogen-bond donors (Lipinski definition) is 0. The van der Waals surface area contributed by atoms with E-state index in [1.54, 1.807) is 36.4 Å². The fraction of sp³-hybridized carbons (Fsp3) is 0. The molecule has 0 saturated heterocycles. The molecule has 0 saturated carbocycles. The summed E-state index contributed by atoms with van der Waals surface area (Å²) in [7, 11) is 19.7. The summed E-state index contributed by atoms with van der Waals surface area (Å²) in [4.78, 5) is 24.6. The van der Waals surface area contributed by atoms with E-state index >= 15 is 0 Å². The van der Waals surface area contributed by atoms with Crippen LogP contribution < -0.4 is 0 Å². The van der Waals surface area contributed by atoms with Crippen LogP contribution in [0.2, 0.25) is 0 Å². The molecule has 4 rings (SSSR count). The maximum absolute atomic E-state index is 12.3. The summed E-state index contributed by atoms with van der Waals surface area (Å²) in [6, 6.07) is 14.1. The molecule has 10 heteroatoms. The molecule has 0 radical (unpaired) electrons. The Morgan fingerprint density at radius 3 is 1.18 bits per heavy atom. The van der Waals surface area contributed by atoms with Crippen LogP contribution in [0.25, 0.3) is 10.6 Å². The number of Topliss-reactive ketones (excluding diaryl/α,β-unsaturated/α-hetero) is 2. The van der Waals surface area contributed by atoms with Gasteiger partial charge in [-0.25, -0.2) is 0 Å². The second-order valence-electron chi connectivity index (χ2n) is 4.76. The van der Waals surface area contributed by atoms with Crippen molar-refractivity contribution in [3.63, 3.8) is 0 Å². The quantitative estimate of drug-likeness (QED) is 0.226. The van der Waals surface area contributed by atoms with E-state index in [9.17, 15) is 9.59 Å². The van der Waals surface area contributed by atoms with Gasteiger partial charge in [0.15, 0.2) is 11.6 Å². The van der Waals surface area contributed by atoms with Gasteiger partial charge in [0.05, 0.1) is 0 Å². The van der Waals surface area contributed by atoms with Gasteiger partial charge >= 0.3 is 75.7 Å². The van der Waals surface area contributed by atoms with Crippen molar-refractivity contribution >= 4 is 57.0 Å². The number of hydrogen-bond acceptors (Lipinski definition) is 2. The zero-order chi connectivity index (χ0) is 19.1. The third kappa shape index (κ3) is 6.52. The molecule has 0 unspecified atom stereocenters. The molecule has 144 valence electrons. The van der Waals surface area contributed by atoms with Gasteiger partial charge in [-0.2, -0.15) is 0 Å². The van der Waals surface area contributed by atoms with Crippen molar-refractivity contribution in [3.8, 4) is 0 Å². The van der Waals surface area contributed by atoms with Gasteiger partial charge in [0.25, 0.3) is 0 Å². The van der Waals surface area contributed by atoms with E-state index in [0.29, 0.717) is 22.5 Å². The van der Waals surface area contributed by atoms with Gasteiger partial charge in [-0.05, 0) is 0 Å². The van der Waals surface area contributed by atoms with Crippen LogP contribution in [0.5, 0.6) is 0 Å². The first kappa shape index (κ1) is 28.0. The van der Waals surface area contributed by atoms with Crippen molar-refractivity contribution in [2.24, 2.45) is 0 Å². The number of nitrogens with zero attached hydrogens (tertiary/aromatic N) is 2. The van der Waals surface area contributed by atoms with Crippen LogP contribution >= 0.6 is 34.1 Å². The van der Waals surface area contributed by atoms with Crippen LogP contribution in [0.4, 0.5) is 11.4 Å². The molecule has 0 amide bonds. The number of carbonyl (C=O) groups excluding carboxylic acids is 2. The predicted octanol–water partition coefficient (Wildman–Crippen LogP) is 7.65. The third-order valence-corrected chi connectivity index (χ3v) is 3.42. The first-order chi connectivity index (χ1) is 12.6. The van der Waals surface area contributed by atoms with Gasteiger partial charge in [-0.1, -0.05) is 59.9 Å². The molecule has 2 aromatic carbocycles. The van der Waals surface area contributed by atoms with E-state index in [4.69, 9.17) is 34.1 Å². The summed E-state index contributed by atoms with van der Waals surface area (Å²) in [6.45, 7) is 0. The standard InChI is InChI=1S/C16H10N2O2.2CH3.4ClH.2Zr/c19-15-9-5-1-3-7-11(9)17-13(15)14-16(20)10-6-2-4-8-12(10)18-14;;;;;;;;/h1-8H,(H2,17,18,19,20);2*1H3;4*1H;;/q;2*-1;;;;;2*+4/p-6. The average Bonchev–Trinajstić information content (AvgIpc) is 3.15. The van der Waals surface area contributed by atoms with Crippen molar-refractivity contribution in [1.29, 1.82) is 0 Å². The molecule has 28 heavy (non-hydrogen) atoms. The second-order valence-corrected chi connectivity index (χ2v) is 12.2. The Kier molecular flexibility index (Phi) is 14.1. The Morgan fingerprint density at radius 2 is 0.893 bits per heavy atom. The van der Waals surface area contributed by atoms with Crippen LogP contribution in [-0.2, 0) is 41.7 Å². The number of allylic oxidation sites excluding steroid dienone is 2. The first-order valence-electron chi connectivity index (χ1n) is 6.96. The predicted molar refractivity (Wildman–Crippen MR) is 111 cm³/mol. The zero-order valence-electron chi connectivity index (χ0n) is 14.8. The number of ketones is 2. The van der Waals surface area contributed by atoms with Gasteiger partial charge in [0.2, 0.25) is 0 Å². The van der Waals surface area contributed by atoms with E-state index in [2.05, 4.69) is 10.6 Å². The number of carbonyl (C=O) groups is 2. The van der Waals surface area contributed by atoms with Crippen molar-refractivity contribution in [2.45, 2.75) is 0 Å². The number of para-hydroxylation sites is 2. The molecule has 4 nitrogen and oxygen atoms in total. The summed E-state index contributed by atoms with van der Waals surface area (Å²) in [5.41, 5.74) is 2.53. The number of benzene rings is 2. The van der Waals surface area contributed by atoms with Crippen LogP contribution in [0.15, 0.2) is 59.9 Å². The van der Waals surface area contributed by atoms with Gasteiger partial charge in [0, 0.05) is 11.1 Å². The van der Waals surface area contributed by atoms with Crippen molar-refractivity contribution in [2.75, 3.05) is 0 Å². The van der Waals surface area contributed by atoms with Crippen molar-refractivity contribution in [3.05, 3.63) is 96.5 Å². The molecule has 0 bridgehead atoms. The normalized spacial score (nSPS) is 14.6. The first-order valence-corrected chi connectivity index (χ1v) is 19.6. The molecule has 2 aromatic rings. The van der Waals surface area contributed by atoms with Gasteiger partial charge in [-0.15, -0.1) is 11.4 Å². The molecular weight excluding hydrogens is 600 g/mol. The topological polar surface area (TPSA) is 62.3 Å². The molecule has 0 aliphatic carbocycles. The van der Waals surface area contributed by atoms with Gasteiger partial charge < -0.3 is 25.5 Å². The van der Waals surface area contributed by atoms with Crippen molar-refractivity contribution < 1.29 is 51.3 Å². The summed E-state index contributed by atoms with van der Waals surface area (Å²) in [6.07, 6.45) is 0. The summed E-state index contributed by atoms with van der Waals surface area (Å²) in [5, 5.41) is 8.53. The fourth-order valence-corrected chi connectivity index (χ4v) is 2.44. The number of rotatable bonds is 0. The minimum absolute atomic E-state index is 0. The van der Waals surface area contributed by atoms with Crippen LogP contribution in [0.3, 0.4) is 0 Å². The number of halogens is 4. The molecule has 0 aromatic heterocycles. The Bertz CT molecular complexity index is 793. The van der Waals surface area contributed by atoms with E-state index in [0.717, 1.165) is 0 Å². The van der Waals surface area contributed by atoms with Crippen LogP contribution in [-0.4, -0.2) is 11.6 Å². The van der Waals surface area contributed by atoms with E-state index in [1.165, 1.54) is 0 Å². The Balaban J connectivity index is 0.000000819. The molecule has 2 aliphatic heterocycles. The molecule has 0 spiro atoms. The zero-order valence-corrected chi connectivity index (χ0v) is 22.8. The van der Waals surface area contributed by atoms with Gasteiger partial charge in [-0.3, -0.25) is 9.59 Å². The fourth-order valence-electron chi connectivity index (χ4n) is 2.44. The number of fused-ring (bicyclic) bond motifs is 2. The van der Waals surface area contributed by atoms with Crippen LogP contribution in [0, 0.1) is 14.9 Å². The summed E-state index contributed by atoms with van der Waals surface area (Å²) >= 11 is -1.65. The summed E-state index contributed by atoms with van der Waals surface area (Å²) < 4.78 is 0. The molecule has 2 heterocycles. The Labute approximate surface area is 202 Å². The SMILES string of the molecule is O=C1/C(=C2\[N-]c3ccccc3C2=O)[N-]c2ccccc21.[CH3-].[CH3-].[Cl][Zr+2][Cl].[Cl][Zr+2][Cl]. The molecule has 0 N–H and O–H groups in total. The second kappa shape index (κ2) is 14.1. The monoisotopic (exact) mass is 610 g/mol. The summed E-state index contributed by atoms with van der Waals surface area (Å²) in [5.74, 6) is -0.471. The molecular formula is C18H14Cl4N2O2Zr2. The van der Waals surface area contributed by atoms with E-state index in [1.807, 2.05) is 12.1 Å². The molecule has 0 fully saturated rings. The molecule has 2 aliphatic rings. The van der Waals surface area contributed by atoms with Gasteiger partial charge in [0.1, 0.15) is 0 Å². The minimum atomic E-state index is -0.826. The molecule has 0 atom stereocenters. The van der Waals surface area contributed by atoms with Crippen LogP contribution in [0.1, 0.15) is 20.7 Å². The Morgan fingerprint density at radius 1 is 0.607 bits per heavy atom. The maximum atomic E-state index is 12.3. The average molecular weight is 615 g/mol. The van der Waals surface area contributed by atoms with Crippen molar-refractivity contribution in [1.82, 2.24) is 0 Å². The third-order valence-electron chi connectivity index (χ3n) is 3.42. The Hall–Kier alpha value is 0.0462. The van der Waals surface area contributed by atoms with E-state index < -0.39 is 41.7 Å². The van der Waals surface area contributed by atoms with E-state index in [-0.39, 0.29) is 37.8 Å².